The fourth-order valence-corrected chi connectivity index (χ4v) is 3.72. The molecule has 0 bridgehead atoms. The normalized spacial score (nSPS) is 15.9. The van der Waals surface area contributed by atoms with E-state index >= 15 is 0 Å². The number of nitrogens with zero attached hydrogens (tertiary/aromatic N) is 1. The third-order valence-electron chi connectivity index (χ3n) is 5.26. The summed E-state index contributed by atoms with van der Waals surface area (Å²) in [5.74, 6) is 2.21. The summed E-state index contributed by atoms with van der Waals surface area (Å²) < 4.78 is 11.6. The van der Waals surface area contributed by atoms with Crippen LogP contribution in [0.15, 0.2) is 48.5 Å². The minimum absolute atomic E-state index is 0.0118. The molecule has 0 radical (unpaired) electrons. The van der Waals surface area contributed by atoms with E-state index in [-0.39, 0.29) is 11.9 Å². The van der Waals surface area contributed by atoms with Crippen molar-refractivity contribution in [3.05, 3.63) is 54.2 Å². The topological polar surface area (TPSA) is 72.5 Å². The standard InChI is InChI=1S/C24H27N3O3/c1-3-5-17-14-23(29-2)20-15-19(11-12-21(20)26-17)30-18-9-7-16(8-10-18)27-24(28)22-6-4-13-25-22/h7-12,14-15,22,25H,3-6,13H2,1-2H3,(H,27,28)/t22-/m0/s1. The van der Waals surface area contributed by atoms with Gasteiger partial charge in [-0.3, -0.25) is 9.78 Å². The average molecular weight is 405 g/mol. The van der Waals surface area contributed by atoms with E-state index in [9.17, 15) is 4.79 Å². The lowest BCUT2D eigenvalue weighted by Gasteiger charge is -2.12. The second-order valence-electron chi connectivity index (χ2n) is 7.51. The molecule has 0 aliphatic carbocycles. The van der Waals surface area contributed by atoms with E-state index < -0.39 is 0 Å². The predicted octanol–water partition coefficient (Wildman–Crippen LogP) is 4.68. The van der Waals surface area contributed by atoms with Crippen molar-refractivity contribution in [3.8, 4) is 17.2 Å². The Morgan fingerprint density at radius 1 is 1.17 bits per heavy atom. The minimum Gasteiger partial charge on any atom is -0.496 e. The van der Waals surface area contributed by atoms with Crippen LogP contribution in [0.2, 0.25) is 0 Å². The number of aryl methyl sites for hydroxylation is 1. The highest BCUT2D eigenvalue weighted by atomic mass is 16.5. The van der Waals surface area contributed by atoms with Gasteiger partial charge in [0.05, 0.1) is 18.7 Å². The molecule has 1 aromatic heterocycles. The largest absolute Gasteiger partial charge is 0.496 e. The molecule has 1 aliphatic heterocycles. The van der Waals surface area contributed by atoms with E-state index in [0.717, 1.165) is 60.3 Å². The van der Waals surface area contributed by atoms with Crippen LogP contribution in [-0.2, 0) is 11.2 Å². The highest BCUT2D eigenvalue weighted by molar-refractivity contribution is 5.95. The smallest absolute Gasteiger partial charge is 0.241 e. The van der Waals surface area contributed by atoms with Gasteiger partial charge >= 0.3 is 0 Å². The number of hydrogen-bond donors (Lipinski definition) is 2. The van der Waals surface area contributed by atoms with Gasteiger partial charge in [-0.15, -0.1) is 0 Å². The second kappa shape index (κ2) is 9.13. The van der Waals surface area contributed by atoms with Crippen molar-refractivity contribution < 1.29 is 14.3 Å². The fourth-order valence-electron chi connectivity index (χ4n) is 3.72. The first-order valence-corrected chi connectivity index (χ1v) is 10.5. The number of carbonyl (C=O) groups excluding carboxylic acids is 1. The highest BCUT2D eigenvalue weighted by Gasteiger charge is 2.21. The van der Waals surface area contributed by atoms with Gasteiger partial charge in [0, 0.05) is 22.8 Å². The van der Waals surface area contributed by atoms with Crippen LogP contribution in [0.3, 0.4) is 0 Å². The number of carbonyl (C=O) groups is 1. The van der Waals surface area contributed by atoms with E-state index in [4.69, 9.17) is 14.5 Å². The predicted molar refractivity (Wildman–Crippen MR) is 118 cm³/mol. The van der Waals surface area contributed by atoms with Crippen molar-refractivity contribution in [2.24, 2.45) is 0 Å². The monoisotopic (exact) mass is 405 g/mol. The molecule has 6 nitrogen and oxygen atoms in total. The van der Waals surface area contributed by atoms with Crippen molar-refractivity contribution in [1.82, 2.24) is 10.3 Å². The van der Waals surface area contributed by atoms with Crippen LogP contribution in [0.4, 0.5) is 5.69 Å². The van der Waals surface area contributed by atoms with E-state index in [1.54, 1.807) is 7.11 Å². The van der Waals surface area contributed by atoms with Crippen molar-refractivity contribution in [2.75, 3.05) is 19.0 Å². The van der Waals surface area contributed by atoms with Crippen LogP contribution in [0.5, 0.6) is 17.2 Å². The van der Waals surface area contributed by atoms with Crippen molar-refractivity contribution in [1.29, 1.82) is 0 Å². The molecule has 6 heteroatoms. The number of methoxy groups -OCH3 is 1. The molecule has 1 amide bonds. The van der Waals surface area contributed by atoms with Crippen molar-refractivity contribution in [3.63, 3.8) is 0 Å². The number of pyridine rings is 1. The van der Waals surface area contributed by atoms with Crippen LogP contribution in [-0.4, -0.2) is 30.6 Å². The molecule has 1 aliphatic rings. The Bertz CT molecular complexity index is 1030. The number of hydrogen-bond acceptors (Lipinski definition) is 5. The molecule has 0 spiro atoms. The van der Waals surface area contributed by atoms with Crippen LogP contribution in [0, 0.1) is 0 Å². The molecule has 4 rings (SSSR count). The van der Waals surface area contributed by atoms with Crippen molar-refractivity contribution in [2.45, 2.75) is 38.6 Å². The van der Waals surface area contributed by atoms with Gasteiger partial charge in [-0.05, 0) is 68.3 Å². The van der Waals surface area contributed by atoms with E-state index in [1.165, 1.54) is 0 Å². The maximum atomic E-state index is 12.2. The molecule has 1 atom stereocenters. The number of ether oxygens (including phenoxy) is 2. The Hall–Kier alpha value is -3.12. The molecule has 0 saturated carbocycles. The third-order valence-corrected chi connectivity index (χ3v) is 5.26. The van der Waals surface area contributed by atoms with Gasteiger partial charge < -0.3 is 20.1 Å². The Balaban J connectivity index is 1.48. The molecule has 2 heterocycles. The Labute approximate surface area is 176 Å². The summed E-state index contributed by atoms with van der Waals surface area (Å²) in [5.41, 5.74) is 2.68. The second-order valence-corrected chi connectivity index (χ2v) is 7.51. The molecule has 30 heavy (non-hydrogen) atoms. The molecule has 3 aromatic rings. The number of nitrogens with one attached hydrogen (secondary N) is 2. The maximum Gasteiger partial charge on any atom is 0.241 e. The first kappa shape index (κ1) is 20.2. The molecule has 1 fully saturated rings. The first-order chi connectivity index (χ1) is 14.7. The summed E-state index contributed by atoms with van der Waals surface area (Å²) in [4.78, 5) is 16.9. The third kappa shape index (κ3) is 4.54. The number of rotatable bonds is 7. The molecule has 2 aromatic carbocycles. The number of amides is 1. The Morgan fingerprint density at radius 3 is 2.67 bits per heavy atom. The van der Waals surface area contributed by atoms with Crippen LogP contribution in [0.1, 0.15) is 31.9 Å². The van der Waals surface area contributed by atoms with Crippen LogP contribution < -0.4 is 20.1 Å². The van der Waals surface area contributed by atoms with Gasteiger partial charge in [0.25, 0.3) is 0 Å². The number of aromatic nitrogens is 1. The summed E-state index contributed by atoms with van der Waals surface area (Å²) in [6, 6.07) is 15.1. The summed E-state index contributed by atoms with van der Waals surface area (Å²) >= 11 is 0. The Kier molecular flexibility index (Phi) is 6.14. The van der Waals surface area contributed by atoms with E-state index in [0.29, 0.717) is 11.5 Å². The zero-order valence-corrected chi connectivity index (χ0v) is 17.4. The number of anilines is 1. The van der Waals surface area contributed by atoms with Crippen LogP contribution >= 0.6 is 0 Å². The van der Waals surface area contributed by atoms with E-state index in [2.05, 4.69) is 17.6 Å². The first-order valence-electron chi connectivity index (χ1n) is 10.5. The summed E-state index contributed by atoms with van der Waals surface area (Å²) in [6.45, 7) is 3.04. The number of fused-ring (bicyclic) bond motifs is 1. The van der Waals surface area contributed by atoms with Gasteiger partial charge in [-0.2, -0.15) is 0 Å². The molecular weight excluding hydrogens is 378 g/mol. The lowest BCUT2D eigenvalue weighted by Crippen LogP contribution is -2.35. The molecule has 0 unspecified atom stereocenters. The quantitative estimate of drug-likeness (QED) is 0.597. The lowest BCUT2D eigenvalue weighted by atomic mass is 10.1. The average Bonchev–Trinajstić information content (AvgIpc) is 3.30. The zero-order chi connectivity index (χ0) is 20.9. The highest BCUT2D eigenvalue weighted by Crippen LogP contribution is 2.31. The SMILES string of the molecule is CCCc1cc(OC)c2cc(Oc3ccc(NC(=O)[C@@H]4CCCN4)cc3)ccc2n1. The van der Waals surface area contributed by atoms with Gasteiger partial charge in [-0.1, -0.05) is 13.3 Å². The minimum atomic E-state index is -0.0973. The van der Waals surface area contributed by atoms with Gasteiger partial charge in [0.15, 0.2) is 0 Å². The summed E-state index contributed by atoms with van der Waals surface area (Å²) in [7, 11) is 1.67. The summed E-state index contributed by atoms with van der Waals surface area (Å²) in [6.07, 6.45) is 3.88. The zero-order valence-electron chi connectivity index (χ0n) is 17.4. The molecule has 1 saturated heterocycles. The molecule has 2 N–H and O–H groups in total. The van der Waals surface area contributed by atoms with E-state index in [1.807, 2.05) is 48.5 Å². The maximum absolute atomic E-state index is 12.2. The molecule has 156 valence electrons. The van der Waals surface area contributed by atoms with Gasteiger partial charge in [-0.25, -0.2) is 0 Å². The van der Waals surface area contributed by atoms with Crippen molar-refractivity contribution >= 4 is 22.5 Å². The fraction of sp³-hybridized carbons (Fsp3) is 0.333. The summed E-state index contributed by atoms with van der Waals surface area (Å²) in [5, 5.41) is 7.07. The number of benzene rings is 2. The van der Waals surface area contributed by atoms with Gasteiger partial charge in [0.2, 0.25) is 5.91 Å². The lowest BCUT2D eigenvalue weighted by molar-refractivity contribution is -0.117. The van der Waals surface area contributed by atoms with Gasteiger partial charge in [0.1, 0.15) is 17.2 Å². The Morgan fingerprint density at radius 2 is 1.97 bits per heavy atom. The van der Waals surface area contributed by atoms with Crippen LogP contribution in [0.25, 0.3) is 10.9 Å². The molecular formula is C24H27N3O3.